The summed E-state index contributed by atoms with van der Waals surface area (Å²) in [5, 5.41) is 2.79. The molecule has 0 heterocycles. The van der Waals surface area contributed by atoms with E-state index in [1.54, 1.807) is 14.0 Å². The third-order valence-electron chi connectivity index (χ3n) is 3.02. The van der Waals surface area contributed by atoms with E-state index in [0.29, 0.717) is 25.0 Å². The number of sulfonamides is 1. The summed E-state index contributed by atoms with van der Waals surface area (Å²) in [5.41, 5.74) is 0. The number of rotatable bonds is 8. The fraction of sp³-hybridized carbons (Fsp3) is 1.00. The van der Waals surface area contributed by atoms with Gasteiger partial charge in [0.1, 0.15) is 0 Å². The van der Waals surface area contributed by atoms with Gasteiger partial charge < -0.3 is 5.32 Å². The Balaban J connectivity index is 4.43. The van der Waals surface area contributed by atoms with Crippen molar-refractivity contribution in [1.29, 1.82) is 0 Å². The van der Waals surface area contributed by atoms with Crippen LogP contribution >= 0.6 is 0 Å². The van der Waals surface area contributed by atoms with Gasteiger partial charge in [-0.2, -0.15) is 0 Å². The van der Waals surface area contributed by atoms with Gasteiger partial charge >= 0.3 is 0 Å². The first kappa shape index (κ1) is 16.9. The molecule has 0 rings (SSSR count). The first-order valence-electron chi connectivity index (χ1n) is 6.40. The maximum absolute atomic E-state index is 12.2. The Morgan fingerprint density at radius 2 is 1.71 bits per heavy atom. The van der Waals surface area contributed by atoms with Crippen LogP contribution in [0.25, 0.3) is 0 Å². The number of hydrogen-bond acceptors (Lipinski definition) is 3. The van der Waals surface area contributed by atoms with Gasteiger partial charge in [0, 0.05) is 26.2 Å². The van der Waals surface area contributed by atoms with Crippen molar-refractivity contribution < 1.29 is 8.42 Å². The Hall–Kier alpha value is -0.130. The molecule has 0 aromatic carbocycles. The summed E-state index contributed by atoms with van der Waals surface area (Å²) in [6.07, 6.45) is 0.998. The quantitative estimate of drug-likeness (QED) is 0.725. The van der Waals surface area contributed by atoms with Crippen LogP contribution in [0.1, 0.15) is 41.0 Å². The lowest BCUT2D eigenvalue weighted by atomic mass is 10.1. The SMILES string of the molecule is CCC(C)CN(C)S(=O)(=O)C(C)CNC(C)C. The number of hydrogen-bond donors (Lipinski definition) is 1. The molecule has 0 aliphatic heterocycles. The average molecular weight is 264 g/mol. The molecule has 4 nitrogen and oxygen atoms in total. The van der Waals surface area contributed by atoms with Crippen molar-refractivity contribution >= 4 is 10.0 Å². The second-order valence-electron chi connectivity index (χ2n) is 5.21. The monoisotopic (exact) mass is 264 g/mol. The number of nitrogens with zero attached hydrogens (tertiary/aromatic N) is 1. The van der Waals surface area contributed by atoms with Crippen molar-refractivity contribution in [1.82, 2.24) is 9.62 Å². The molecule has 17 heavy (non-hydrogen) atoms. The topological polar surface area (TPSA) is 49.4 Å². The van der Waals surface area contributed by atoms with E-state index in [2.05, 4.69) is 19.2 Å². The molecule has 0 amide bonds. The van der Waals surface area contributed by atoms with Crippen LogP contribution in [-0.4, -0.2) is 44.2 Å². The summed E-state index contributed by atoms with van der Waals surface area (Å²) in [6.45, 7) is 11.1. The van der Waals surface area contributed by atoms with Crippen LogP contribution in [0.4, 0.5) is 0 Å². The molecule has 0 spiro atoms. The molecule has 0 aliphatic carbocycles. The molecule has 104 valence electrons. The molecule has 0 aromatic rings. The van der Waals surface area contributed by atoms with E-state index in [9.17, 15) is 8.42 Å². The van der Waals surface area contributed by atoms with Gasteiger partial charge in [0.2, 0.25) is 10.0 Å². The van der Waals surface area contributed by atoms with E-state index < -0.39 is 10.0 Å². The van der Waals surface area contributed by atoms with Crippen LogP contribution in [-0.2, 0) is 10.0 Å². The normalized spacial score (nSPS) is 16.5. The summed E-state index contributed by atoms with van der Waals surface area (Å²) in [4.78, 5) is 0. The first-order valence-corrected chi connectivity index (χ1v) is 7.90. The Labute approximate surface area is 107 Å². The molecular formula is C12H28N2O2S. The van der Waals surface area contributed by atoms with Crippen LogP contribution in [0.5, 0.6) is 0 Å². The van der Waals surface area contributed by atoms with E-state index in [1.165, 1.54) is 4.31 Å². The summed E-state index contributed by atoms with van der Waals surface area (Å²) in [7, 11) is -1.50. The van der Waals surface area contributed by atoms with Crippen molar-refractivity contribution in [2.45, 2.75) is 52.3 Å². The smallest absolute Gasteiger partial charge is 0.217 e. The molecule has 0 bridgehead atoms. The second-order valence-corrected chi connectivity index (χ2v) is 7.67. The van der Waals surface area contributed by atoms with E-state index in [4.69, 9.17) is 0 Å². The highest BCUT2D eigenvalue weighted by Crippen LogP contribution is 2.11. The molecule has 5 heteroatoms. The Kier molecular flexibility index (Phi) is 7.28. The average Bonchev–Trinajstić information content (AvgIpc) is 2.25. The van der Waals surface area contributed by atoms with Gasteiger partial charge in [-0.05, 0) is 12.8 Å². The lowest BCUT2D eigenvalue weighted by molar-refractivity contribution is 0.387. The van der Waals surface area contributed by atoms with Gasteiger partial charge in [-0.25, -0.2) is 12.7 Å². The summed E-state index contributed by atoms with van der Waals surface area (Å²) < 4.78 is 25.9. The van der Waals surface area contributed by atoms with E-state index in [1.807, 2.05) is 13.8 Å². The Bertz CT molecular complexity index is 302. The summed E-state index contributed by atoms with van der Waals surface area (Å²) in [6, 6.07) is 0.313. The molecule has 2 atom stereocenters. The van der Waals surface area contributed by atoms with Crippen LogP contribution in [0, 0.1) is 5.92 Å². The minimum Gasteiger partial charge on any atom is -0.313 e. The van der Waals surface area contributed by atoms with Crippen LogP contribution in [0.3, 0.4) is 0 Å². The van der Waals surface area contributed by atoms with Crippen molar-refractivity contribution in [3.63, 3.8) is 0 Å². The molecule has 0 saturated heterocycles. The first-order chi connectivity index (χ1) is 7.71. The second kappa shape index (κ2) is 7.34. The minimum atomic E-state index is -3.17. The van der Waals surface area contributed by atoms with E-state index in [-0.39, 0.29) is 5.25 Å². The van der Waals surface area contributed by atoms with Gasteiger partial charge in [-0.1, -0.05) is 34.1 Å². The molecule has 0 aliphatic rings. The standard InChI is InChI=1S/C12H28N2O2S/c1-7-11(4)9-14(6)17(15,16)12(5)8-13-10(2)3/h10-13H,7-9H2,1-6H3. The maximum atomic E-state index is 12.2. The zero-order valence-corrected chi connectivity index (χ0v) is 12.8. The summed E-state index contributed by atoms with van der Waals surface area (Å²) in [5.74, 6) is 0.403. The van der Waals surface area contributed by atoms with Crippen LogP contribution in [0.2, 0.25) is 0 Å². The third kappa shape index (κ3) is 5.84. The largest absolute Gasteiger partial charge is 0.313 e. The molecule has 0 saturated carbocycles. The van der Waals surface area contributed by atoms with Gasteiger partial charge in [0.15, 0.2) is 0 Å². The molecular weight excluding hydrogens is 236 g/mol. The van der Waals surface area contributed by atoms with Crippen molar-refractivity contribution in [3.8, 4) is 0 Å². The third-order valence-corrected chi connectivity index (χ3v) is 5.22. The molecule has 2 unspecified atom stereocenters. The van der Waals surface area contributed by atoms with Crippen LogP contribution < -0.4 is 5.32 Å². The van der Waals surface area contributed by atoms with Gasteiger partial charge in [-0.3, -0.25) is 0 Å². The number of nitrogens with one attached hydrogen (secondary N) is 1. The highest BCUT2D eigenvalue weighted by molar-refractivity contribution is 7.89. The molecule has 0 radical (unpaired) electrons. The maximum Gasteiger partial charge on any atom is 0.217 e. The fourth-order valence-electron chi connectivity index (χ4n) is 1.49. The molecule has 0 aromatic heterocycles. The van der Waals surface area contributed by atoms with Gasteiger partial charge in [0.05, 0.1) is 5.25 Å². The van der Waals surface area contributed by atoms with E-state index in [0.717, 1.165) is 6.42 Å². The van der Waals surface area contributed by atoms with E-state index >= 15 is 0 Å². The van der Waals surface area contributed by atoms with Crippen molar-refractivity contribution in [3.05, 3.63) is 0 Å². The lowest BCUT2D eigenvalue weighted by Gasteiger charge is -2.25. The highest BCUT2D eigenvalue weighted by atomic mass is 32.2. The minimum absolute atomic E-state index is 0.313. The zero-order valence-electron chi connectivity index (χ0n) is 12.0. The highest BCUT2D eigenvalue weighted by Gasteiger charge is 2.26. The van der Waals surface area contributed by atoms with Crippen molar-refractivity contribution in [2.24, 2.45) is 5.92 Å². The molecule has 0 fully saturated rings. The zero-order chi connectivity index (χ0) is 13.6. The predicted molar refractivity (Wildman–Crippen MR) is 73.6 cm³/mol. The van der Waals surface area contributed by atoms with Crippen molar-refractivity contribution in [2.75, 3.05) is 20.1 Å². The van der Waals surface area contributed by atoms with Gasteiger partial charge in [-0.15, -0.1) is 0 Å². The van der Waals surface area contributed by atoms with Gasteiger partial charge in [0.25, 0.3) is 0 Å². The fourth-order valence-corrected chi connectivity index (χ4v) is 2.87. The lowest BCUT2D eigenvalue weighted by Crippen LogP contribution is -2.42. The Morgan fingerprint density at radius 1 is 1.18 bits per heavy atom. The summed E-state index contributed by atoms with van der Waals surface area (Å²) >= 11 is 0. The predicted octanol–water partition coefficient (Wildman–Crippen LogP) is 1.68. The molecule has 1 N–H and O–H groups in total. The van der Waals surface area contributed by atoms with Crippen LogP contribution in [0.15, 0.2) is 0 Å². The Morgan fingerprint density at radius 3 is 2.12 bits per heavy atom.